The molecule has 179 valence electrons. The highest BCUT2D eigenvalue weighted by atomic mass is 16.6. The van der Waals surface area contributed by atoms with Crippen LogP contribution in [0.1, 0.15) is 94.4 Å². The second-order valence-corrected chi connectivity index (χ2v) is 11.9. The lowest BCUT2D eigenvalue weighted by molar-refractivity contribution is -0.299. The molecule has 2 heterocycles. The summed E-state index contributed by atoms with van der Waals surface area (Å²) in [5, 5.41) is 25.3. The van der Waals surface area contributed by atoms with E-state index in [1.807, 2.05) is 55.4 Å². The molecule has 2 saturated heterocycles. The lowest BCUT2D eigenvalue weighted by atomic mass is 9.80. The molecule has 31 heavy (non-hydrogen) atoms. The van der Waals surface area contributed by atoms with Crippen LogP contribution < -0.4 is 0 Å². The van der Waals surface area contributed by atoms with Crippen LogP contribution in [0, 0.1) is 5.92 Å². The largest absolute Gasteiger partial charge is 0.462 e. The van der Waals surface area contributed by atoms with Crippen LogP contribution in [0.3, 0.4) is 0 Å². The average Bonchev–Trinajstić information content (AvgIpc) is 2.56. The number of hydrogen-bond acceptors (Lipinski definition) is 7. The lowest BCUT2D eigenvalue weighted by Gasteiger charge is -2.51. The van der Waals surface area contributed by atoms with Gasteiger partial charge in [-0.05, 0) is 55.4 Å². The van der Waals surface area contributed by atoms with Crippen molar-refractivity contribution in [3.8, 4) is 0 Å². The summed E-state index contributed by atoms with van der Waals surface area (Å²) < 4.78 is 11.4. The first-order chi connectivity index (χ1) is 13.9. The number of ether oxygens (including phenoxy) is 2. The van der Waals surface area contributed by atoms with Crippen LogP contribution in [0.2, 0.25) is 0 Å². The Balaban J connectivity index is 1.91. The summed E-state index contributed by atoms with van der Waals surface area (Å²) in [6.45, 7) is 16.7. The molecule has 1 atom stereocenters. The number of rotatable bonds is 5. The number of piperidine rings is 2. The fraction of sp³-hybridized carbons (Fsp3) is 0.913. The highest BCUT2D eigenvalue weighted by Crippen LogP contribution is 2.39. The van der Waals surface area contributed by atoms with Crippen LogP contribution in [-0.2, 0) is 24.3 Å². The van der Waals surface area contributed by atoms with E-state index in [-0.39, 0.29) is 18.6 Å². The lowest BCUT2D eigenvalue weighted by Crippen LogP contribution is -2.60. The Morgan fingerprint density at radius 3 is 1.68 bits per heavy atom. The molecule has 0 aliphatic carbocycles. The van der Waals surface area contributed by atoms with Crippen LogP contribution in [0.15, 0.2) is 0 Å². The van der Waals surface area contributed by atoms with Crippen molar-refractivity contribution in [1.29, 1.82) is 0 Å². The molecule has 8 heteroatoms. The van der Waals surface area contributed by atoms with Crippen molar-refractivity contribution in [3.05, 3.63) is 0 Å². The highest BCUT2D eigenvalue weighted by Gasteiger charge is 2.48. The molecule has 0 aromatic rings. The SMILES string of the molecule is CC(CC(=O)OC1CC(C)(C)N([O])C(C)(C)C1)C(=O)OC1CC(C)(C)N(O)C(C)(C)C1. The Kier molecular flexibility index (Phi) is 7.23. The van der Waals surface area contributed by atoms with E-state index >= 15 is 0 Å². The van der Waals surface area contributed by atoms with E-state index in [1.54, 1.807) is 6.92 Å². The zero-order valence-electron chi connectivity index (χ0n) is 20.7. The van der Waals surface area contributed by atoms with Gasteiger partial charge in [-0.1, -0.05) is 6.92 Å². The van der Waals surface area contributed by atoms with Gasteiger partial charge < -0.3 is 14.7 Å². The Labute approximate surface area is 186 Å². The zero-order valence-corrected chi connectivity index (χ0v) is 20.7. The smallest absolute Gasteiger partial charge is 0.309 e. The molecule has 0 spiro atoms. The molecule has 0 aromatic carbocycles. The average molecular weight is 442 g/mol. The van der Waals surface area contributed by atoms with Gasteiger partial charge in [0.1, 0.15) is 12.2 Å². The van der Waals surface area contributed by atoms with Crippen molar-refractivity contribution in [3.63, 3.8) is 0 Å². The predicted octanol–water partition coefficient (Wildman–Crippen LogP) is 3.88. The second kappa shape index (κ2) is 8.61. The summed E-state index contributed by atoms with van der Waals surface area (Å²) in [5.41, 5.74) is -2.30. The van der Waals surface area contributed by atoms with E-state index in [4.69, 9.17) is 9.47 Å². The minimum absolute atomic E-state index is 0.0666. The molecule has 0 saturated carbocycles. The van der Waals surface area contributed by atoms with Crippen LogP contribution in [0.25, 0.3) is 0 Å². The molecule has 1 radical (unpaired) electrons. The molecule has 1 unspecified atom stereocenters. The van der Waals surface area contributed by atoms with E-state index in [1.165, 1.54) is 5.06 Å². The maximum atomic E-state index is 12.6. The van der Waals surface area contributed by atoms with E-state index in [0.29, 0.717) is 25.7 Å². The van der Waals surface area contributed by atoms with Crippen LogP contribution >= 0.6 is 0 Å². The third kappa shape index (κ3) is 5.97. The summed E-state index contributed by atoms with van der Waals surface area (Å²) in [6.07, 6.45) is 1.16. The van der Waals surface area contributed by atoms with Gasteiger partial charge in [-0.15, -0.1) is 10.3 Å². The number of carbonyl (C=O) groups is 2. The second-order valence-electron chi connectivity index (χ2n) is 11.9. The van der Waals surface area contributed by atoms with Gasteiger partial charge in [-0.25, -0.2) is 0 Å². The van der Waals surface area contributed by atoms with Gasteiger partial charge in [0, 0.05) is 47.8 Å². The topological polar surface area (TPSA) is 99.2 Å². The number of nitrogens with zero attached hydrogens (tertiary/aromatic N) is 2. The first-order valence-electron chi connectivity index (χ1n) is 11.2. The maximum Gasteiger partial charge on any atom is 0.309 e. The van der Waals surface area contributed by atoms with Gasteiger partial charge in [0.2, 0.25) is 0 Å². The number of carbonyl (C=O) groups excluding carboxylic acids is 2. The molecule has 8 nitrogen and oxygen atoms in total. The maximum absolute atomic E-state index is 12.6. The fourth-order valence-electron chi connectivity index (χ4n) is 5.36. The van der Waals surface area contributed by atoms with Gasteiger partial charge >= 0.3 is 11.9 Å². The zero-order chi connectivity index (χ0) is 24.0. The Bertz CT molecular complexity index is 652. The number of esters is 2. The number of hydrogen-bond donors (Lipinski definition) is 1. The molecule has 2 aliphatic heterocycles. The number of hydroxylamine groups is 4. The summed E-state index contributed by atoms with van der Waals surface area (Å²) in [4.78, 5) is 25.1. The van der Waals surface area contributed by atoms with E-state index in [2.05, 4.69) is 0 Å². The van der Waals surface area contributed by atoms with Gasteiger partial charge in [-0.2, -0.15) is 5.06 Å². The Morgan fingerprint density at radius 1 is 0.839 bits per heavy atom. The molecule has 1 N–H and O–H groups in total. The molecule has 2 aliphatic rings. The molecular weight excluding hydrogens is 400 g/mol. The third-order valence-corrected chi connectivity index (χ3v) is 6.61. The third-order valence-electron chi connectivity index (χ3n) is 6.61. The van der Waals surface area contributed by atoms with E-state index < -0.39 is 40.0 Å². The molecular formula is C23H41N2O6. The Hall–Kier alpha value is -1.22. The normalized spacial score (nSPS) is 27.5. The molecule has 0 amide bonds. The predicted molar refractivity (Wildman–Crippen MR) is 114 cm³/mol. The highest BCUT2D eigenvalue weighted by molar-refractivity contribution is 5.79. The van der Waals surface area contributed by atoms with Gasteiger partial charge in [-0.3, -0.25) is 9.59 Å². The van der Waals surface area contributed by atoms with Crippen LogP contribution in [0.5, 0.6) is 0 Å². The summed E-state index contributed by atoms with van der Waals surface area (Å²) in [5.74, 6) is -1.52. The van der Waals surface area contributed by atoms with Crippen molar-refractivity contribution >= 4 is 11.9 Å². The van der Waals surface area contributed by atoms with E-state index in [9.17, 15) is 20.0 Å². The van der Waals surface area contributed by atoms with Crippen LogP contribution in [0.4, 0.5) is 0 Å². The molecule has 0 aromatic heterocycles. The van der Waals surface area contributed by atoms with E-state index in [0.717, 1.165) is 5.06 Å². The fourth-order valence-corrected chi connectivity index (χ4v) is 5.36. The van der Waals surface area contributed by atoms with Crippen molar-refractivity contribution in [2.24, 2.45) is 5.92 Å². The standard InChI is InChI=1S/C23H41N2O6/c1-15(19(27)31-17-13-22(6,7)25(29)23(8,9)14-17)10-18(26)30-16-11-20(2,3)24(28)21(4,5)12-16/h15-17,29H,10-14H2,1-9H3. The molecule has 0 bridgehead atoms. The van der Waals surface area contributed by atoms with Gasteiger partial charge in [0.05, 0.1) is 12.3 Å². The minimum Gasteiger partial charge on any atom is -0.462 e. The van der Waals surface area contributed by atoms with Gasteiger partial charge in [0.15, 0.2) is 0 Å². The van der Waals surface area contributed by atoms with Crippen molar-refractivity contribution in [2.75, 3.05) is 0 Å². The summed E-state index contributed by atoms with van der Waals surface area (Å²) >= 11 is 0. The van der Waals surface area contributed by atoms with Crippen molar-refractivity contribution in [2.45, 2.75) is 129 Å². The Morgan fingerprint density at radius 2 is 1.23 bits per heavy atom. The summed E-state index contributed by atoms with van der Waals surface area (Å²) in [7, 11) is 0. The monoisotopic (exact) mass is 441 g/mol. The van der Waals surface area contributed by atoms with Crippen molar-refractivity contribution in [1.82, 2.24) is 10.1 Å². The molecule has 2 fully saturated rings. The minimum atomic E-state index is -0.633. The summed E-state index contributed by atoms with van der Waals surface area (Å²) in [6, 6.07) is 0. The van der Waals surface area contributed by atoms with Crippen molar-refractivity contribution < 1.29 is 29.5 Å². The first kappa shape index (κ1) is 26.0. The van der Waals surface area contributed by atoms with Crippen LogP contribution in [-0.4, -0.2) is 61.6 Å². The quantitative estimate of drug-likeness (QED) is 0.646. The van der Waals surface area contributed by atoms with Gasteiger partial charge in [0.25, 0.3) is 0 Å². The molecule has 2 rings (SSSR count). The first-order valence-corrected chi connectivity index (χ1v) is 11.2.